The van der Waals surface area contributed by atoms with Crippen LogP contribution in [0.5, 0.6) is 0 Å². The highest BCUT2D eigenvalue weighted by Gasteiger charge is 2.28. The number of nitrogens with one attached hydrogen (secondary N) is 1. The van der Waals surface area contributed by atoms with E-state index >= 15 is 0 Å². The van der Waals surface area contributed by atoms with E-state index in [1.165, 1.54) is 5.56 Å². The van der Waals surface area contributed by atoms with Crippen molar-refractivity contribution in [2.24, 2.45) is 0 Å². The molecule has 0 spiro atoms. The van der Waals surface area contributed by atoms with E-state index < -0.39 is 5.54 Å². The summed E-state index contributed by atoms with van der Waals surface area (Å²) in [5, 5.41) is 3.19. The van der Waals surface area contributed by atoms with E-state index in [-0.39, 0.29) is 11.8 Å². The number of amides is 1. The molecule has 0 saturated heterocycles. The number of hydrogen-bond acceptors (Lipinski definition) is 1. The van der Waals surface area contributed by atoms with Crippen LogP contribution in [0.15, 0.2) is 66.7 Å². The molecule has 2 heteroatoms. The quantitative estimate of drug-likeness (QED) is 0.853. The van der Waals surface area contributed by atoms with Gasteiger partial charge in [-0.05, 0) is 37.0 Å². The maximum absolute atomic E-state index is 12.8. The van der Waals surface area contributed by atoms with Gasteiger partial charge in [-0.15, -0.1) is 0 Å². The first kappa shape index (κ1) is 14.6. The highest BCUT2D eigenvalue weighted by atomic mass is 16.2. The normalized spacial score (nSPS) is 16.9. The number of hydrogen-bond donors (Lipinski definition) is 1. The molecule has 0 bridgehead atoms. The average Bonchev–Trinajstić information content (AvgIpc) is 2.54. The molecule has 0 saturated carbocycles. The molecular weight excluding hydrogens is 270 g/mol. The van der Waals surface area contributed by atoms with Crippen LogP contribution in [0.2, 0.25) is 0 Å². The zero-order chi connectivity index (χ0) is 15.6. The van der Waals surface area contributed by atoms with Gasteiger partial charge in [-0.25, -0.2) is 0 Å². The monoisotopic (exact) mass is 291 g/mol. The minimum Gasteiger partial charge on any atom is -0.346 e. The summed E-state index contributed by atoms with van der Waals surface area (Å²) in [5.74, 6) is -0.148. The van der Waals surface area contributed by atoms with Crippen LogP contribution in [0.1, 0.15) is 36.5 Å². The van der Waals surface area contributed by atoms with E-state index in [0.29, 0.717) is 0 Å². The molecule has 0 aromatic heterocycles. The van der Waals surface area contributed by atoms with E-state index in [4.69, 9.17) is 0 Å². The van der Waals surface area contributed by atoms with E-state index in [2.05, 4.69) is 23.5 Å². The Hall–Kier alpha value is -2.35. The fraction of sp³-hybridized carbons (Fsp3) is 0.250. The van der Waals surface area contributed by atoms with Crippen LogP contribution in [-0.2, 0) is 16.8 Å². The topological polar surface area (TPSA) is 29.1 Å². The number of fused-ring (bicyclic) bond motifs is 1. The SMILES string of the molecule is CC(C)(NC(=O)C1C=CCc2ccccc21)c1ccccc1. The molecular formula is C20H21NO. The lowest BCUT2D eigenvalue weighted by Gasteiger charge is -2.30. The number of rotatable bonds is 3. The molecule has 1 aliphatic carbocycles. The Morgan fingerprint density at radius 3 is 2.50 bits per heavy atom. The Balaban J connectivity index is 1.83. The number of carbonyl (C=O) groups excluding carboxylic acids is 1. The molecule has 2 aromatic rings. The van der Waals surface area contributed by atoms with Crippen LogP contribution in [-0.4, -0.2) is 5.91 Å². The average molecular weight is 291 g/mol. The van der Waals surface area contributed by atoms with Crippen LogP contribution in [0.3, 0.4) is 0 Å². The molecule has 1 aliphatic rings. The summed E-state index contributed by atoms with van der Waals surface area (Å²) in [5.41, 5.74) is 3.07. The standard InChI is InChI=1S/C20H21NO/c1-20(2,16-11-4-3-5-12-16)21-19(22)18-14-8-10-15-9-6-7-13-17(15)18/h3-9,11-14,18H,10H2,1-2H3,(H,21,22). The van der Waals surface area contributed by atoms with Crippen molar-refractivity contribution in [3.8, 4) is 0 Å². The van der Waals surface area contributed by atoms with Gasteiger partial charge in [-0.1, -0.05) is 66.7 Å². The molecule has 3 rings (SSSR count). The van der Waals surface area contributed by atoms with Gasteiger partial charge in [0.15, 0.2) is 0 Å². The highest BCUT2D eigenvalue weighted by molar-refractivity contribution is 5.87. The van der Waals surface area contributed by atoms with Crippen molar-refractivity contribution in [1.29, 1.82) is 0 Å². The van der Waals surface area contributed by atoms with Gasteiger partial charge in [0.1, 0.15) is 0 Å². The third kappa shape index (κ3) is 2.82. The predicted octanol–water partition coefficient (Wildman–Crippen LogP) is 3.93. The van der Waals surface area contributed by atoms with Gasteiger partial charge in [-0.2, -0.15) is 0 Å². The van der Waals surface area contributed by atoms with Crippen molar-refractivity contribution < 1.29 is 4.79 Å². The molecule has 112 valence electrons. The van der Waals surface area contributed by atoms with Gasteiger partial charge in [0.2, 0.25) is 5.91 Å². The second-order valence-corrected chi connectivity index (χ2v) is 6.29. The first-order chi connectivity index (χ1) is 10.6. The third-order valence-corrected chi connectivity index (χ3v) is 4.27. The molecule has 22 heavy (non-hydrogen) atoms. The van der Waals surface area contributed by atoms with Crippen LogP contribution in [0.25, 0.3) is 0 Å². The van der Waals surface area contributed by atoms with Gasteiger partial charge in [-0.3, -0.25) is 4.79 Å². The number of carbonyl (C=O) groups is 1. The highest BCUT2D eigenvalue weighted by Crippen LogP contribution is 2.28. The zero-order valence-electron chi connectivity index (χ0n) is 13.0. The van der Waals surface area contributed by atoms with Gasteiger partial charge in [0.05, 0.1) is 11.5 Å². The smallest absolute Gasteiger partial charge is 0.232 e. The molecule has 2 aromatic carbocycles. The minimum absolute atomic E-state index is 0.0530. The lowest BCUT2D eigenvalue weighted by atomic mass is 9.86. The fourth-order valence-electron chi connectivity index (χ4n) is 3.00. The summed E-state index contributed by atoms with van der Waals surface area (Å²) >= 11 is 0. The van der Waals surface area contributed by atoms with Crippen molar-refractivity contribution in [3.05, 3.63) is 83.4 Å². The number of benzene rings is 2. The summed E-state index contributed by atoms with van der Waals surface area (Å²) < 4.78 is 0. The Bertz CT molecular complexity index is 701. The maximum atomic E-state index is 12.8. The Morgan fingerprint density at radius 2 is 1.73 bits per heavy atom. The number of allylic oxidation sites excluding steroid dienone is 1. The summed E-state index contributed by atoms with van der Waals surface area (Å²) in [6.07, 6.45) is 5.00. The molecule has 0 radical (unpaired) electrons. The van der Waals surface area contributed by atoms with Gasteiger partial charge < -0.3 is 5.32 Å². The lowest BCUT2D eigenvalue weighted by molar-refractivity contribution is -0.123. The van der Waals surface area contributed by atoms with Crippen molar-refractivity contribution in [1.82, 2.24) is 5.32 Å². The second kappa shape index (κ2) is 5.80. The third-order valence-electron chi connectivity index (χ3n) is 4.27. The van der Waals surface area contributed by atoms with Crippen LogP contribution in [0, 0.1) is 0 Å². The summed E-state index contributed by atoms with van der Waals surface area (Å²) in [4.78, 5) is 12.8. The summed E-state index contributed by atoms with van der Waals surface area (Å²) in [7, 11) is 0. The Labute approximate surface area is 131 Å². The zero-order valence-corrected chi connectivity index (χ0v) is 13.0. The molecule has 1 atom stereocenters. The van der Waals surface area contributed by atoms with Crippen LogP contribution in [0.4, 0.5) is 0 Å². The van der Waals surface area contributed by atoms with Crippen molar-refractivity contribution in [3.63, 3.8) is 0 Å². The Kier molecular flexibility index (Phi) is 3.84. The summed E-state index contributed by atoms with van der Waals surface area (Å²) in [6.45, 7) is 4.08. The van der Waals surface area contributed by atoms with Crippen LogP contribution >= 0.6 is 0 Å². The van der Waals surface area contributed by atoms with Crippen molar-refractivity contribution in [2.75, 3.05) is 0 Å². The van der Waals surface area contributed by atoms with Gasteiger partial charge >= 0.3 is 0 Å². The molecule has 1 N–H and O–H groups in total. The van der Waals surface area contributed by atoms with E-state index in [1.807, 2.05) is 62.4 Å². The molecule has 1 amide bonds. The van der Waals surface area contributed by atoms with Crippen LogP contribution < -0.4 is 5.32 Å². The molecule has 1 unspecified atom stereocenters. The first-order valence-corrected chi connectivity index (χ1v) is 7.70. The van der Waals surface area contributed by atoms with Gasteiger partial charge in [0, 0.05) is 0 Å². The predicted molar refractivity (Wildman–Crippen MR) is 89.6 cm³/mol. The molecule has 0 heterocycles. The second-order valence-electron chi connectivity index (χ2n) is 6.29. The first-order valence-electron chi connectivity index (χ1n) is 7.70. The van der Waals surface area contributed by atoms with Crippen molar-refractivity contribution in [2.45, 2.75) is 31.7 Å². The van der Waals surface area contributed by atoms with E-state index in [0.717, 1.165) is 17.5 Å². The van der Waals surface area contributed by atoms with Gasteiger partial charge in [0.25, 0.3) is 0 Å². The largest absolute Gasteiger partial charge is 0.346 e. The van der Waals surface area contributed by atoms with E-state index in [1.54, 1.807) is 0 Å². The lowest BCUT2D eigenvalue weighted by Crippen LogP contribution is -2.43. The van der Waals surface area contributed by atoms with Crippen molar-refractivity contribution >= 4 is 5.91 Å². The maximum Gasteiger partial charge on any atom is 0.232 e. The molecule has 2 nitrogen and oxygen atoms in total. The Morgan fingerprint density at radius 1 is 1.05 bits per heavy atom. The molecule has 0 fully saturated rings. The fourth-order valence-corrected chi connectivity index (χ4v) is 3.00. The minimum atomic E-state index is -0.390. The molecule has 0 aliphatic heterocycles. The summed E-state index contributed by atoms with van der Waals surface area (Å²) in [6, 6.07) is 18.3. The van der Waals surface area contributed by atoms with E-state index in [9.17, 15) is 4.79 Å².